The first kappa shape index (κ1) is 15.4. The third-order valence-electron chi connectivity index (χ3n) is 2.21. The Morgan fingerprint density at radius 3 is 2.56 bits per heavy atom. The SMILES string of the molecule is CCOC(C)CNCC(=O)NCCC(C)C. The molecule has 0 fully saturated rings. The van der Waals surface area contributed by atoms with Gasteiger partial charge in [-0.25, -0.2) is 0 Å². The van der Waals surface area contributed by atoms with Crippen LogP contribution < -0.4 is 10.6 Å². The zero-order chi connectivity index (χ0) is 12.4. The summed E-state index contributed by atoms with van der Waals surface area (Å²) >= 11 is 0. The van der Waals surface area contributed by atoms with Crippen LogP contribution in [0, 0.1) is 5.92 Å². The molecule has 0 spiro atoms. The van der Waals surface area contributed by atoms with Crippen LogP contribution in [0.4, 0.5) is 0 Å². The molecule has 4 nitrogen and oxygen atoms in total. The summed E-state index contributed by atoms with van der Waals surface area (Å²) in [6, 6.07) is 0. The Hall–Kier alpha value is -0.610. The number of hydrogen-bond acceptors (Lipinski definition) is 3. The molecule has 0 aliphatic heterocycles. The lowest BCUT2D eigenvalue weighted by Gasteiger charge is -2.12. The molecule has 0 rings (SSSR count). The first-order valence-corrected chi connectivity index (χ1v) is 6.15. The Kier molecular flexibility index (Phi) is 9.24. The Labute approximate surface area is 99.1 Å². The maximum absolute atomic E-state index is 11.3. The summed E-state index contributed by atoms with van der Waals surface area (Å²) in [7, 11) is 0. The van der Waals surface area contributed by atoms with Crippen molar-refractivity contribution in [2.75, 3.05) is 26.2 Å². The number of rotatable bonds is 9. The molecular formula is C12H26N2O2. The van der Waals surface area contributed by atoms with E-state index in [-0.39, 0.29) is 12.0 Å². The first-order valence-electron chi connectivity index (χ1n) is 6.15. The van der Waals surface area contributed by atoms with E-state index >= 15 is 0 Å². The fourth-order valence-corrected chi connectivity index (χ4v) is 1.30. The predicted molar refractivity (Wildman–Crippen MR) is 66.4 cm³/mol. The van der Waals surface area contributed by atoms with Gasteiger partial charge in [0.15, 0.2) is 0 Å². The van der Waals surface area contributed by atoms with Crippen molar-refractivity contribution in [1.29, 1.82) is 0 Å². The highest BCUT2D eigenvalue weighted by Gasteiger charge is 2.03. The number of ether oxygens (including phenoxy) is 1. The van der Waals surface area contributed by atoms with E-state index in [0.29, 0.717) is 25.6 Å². The van der Waals surface area contributed by atoms with Gasteiger partial charge in [-0.2, -0.15) is 0 Å². The second kappa shape index (κ2) is 9.60. The van der Waals surface area contributed by atoms with E-state index in [9.17, 15) is 4.79 Å². The lowest BCUT2D eigenvalue weighted by atomic mass is 10.1. The lowest BCUT2D eigenvalue weighted by Crippen LogP contribution is -2.37. The Morgan fingerprint density at radius 2 is 2.00 bits per heavy atom. The monoisotopic (exact) mass is 230 g/mol. The molecule has 0 aromatic heterocycles. The molecule has 0 heterocycles. The molecule has 1 amide bonds. The molecule has 0 aromatic rings. The number of carbonyl (C=O) groups excluding carboxylic acids is 1. The number of amides is 1. The van der Waals surface area contributed by atoms with Gasteiger partial charge in [0.2, 0.25) is 5.91 Å². The summed E-state index contributed by atoms with van der Waals surface area (Å²) < 4.78 is 5.34. The maximum atomic E-state index is 11.3. The van der Waals surface area contributed by atoms with E-state index in [0.717, 1.165) is 13.0 Å². The smallest absolute Gasteiger partial charge is 0.233 e. The van der Waals surface area contributed by atoms with Gasteiger partial charge in [0.1, 0.15) is 0 Å². The van der Waals surface area contributed by atoms with Crippen LogP contribution >= 0.6 is 0 Å². The molecule has 2 N–H and O–H groups in total. The molecule has 0 aliphatic rings. The molecule has 0 saturated carbocycles. The van der Waals surface area contributed by atoms with E-state index < -0.39 is 0 Å². The molecule has 0 saturated heterocycles. The van der Waals surface area contributed by atoms with Crippen molar-refractivity contribution >= 4 is 5.91 Å². The van der Waals surface area contributed by atoms with Crippen LogP contribution in [0.3, 0.4) is 0 Å². The highest BCUT2D eigenvalue weighted by Crippen LogP contribution is 1.95. The molecule has 0 aromatic carbocycles. The second-order valence-corrected chi connectivity index (χ2v) is 4.43. The Balaban J connectivity index is 3.36. The Bertz CT molecular complexity index is 184. The van der Waals surface area contributed by atoms with Gasteiger partial charge in [-0.3, -0.25) is 4.79 Å². The number of nitrogens with one attached hydrogen (secondary N) is 2. The van der Waals surface area contributed by atoms with Gasteiger partial charge < -0.3 is 15.4 Å². The average molecular weight is 230 g/mol. The van der Waals surface area contributed by atoms with Gasteiger partial charge in [0.05, 0.1) is 12.6 Å². The molecule has 0 aliphatic carbocycles. The summed E-state index contributed by atoms with van der Waals surface area (Å²) in [5.74, 6) is 0.690. The van der Waals surface area contributed by atoms with Crippen molar-refractivity contribution in [1.82, 2.24) is 10.6 Å². The van der Waals surface area contributed by atoms with Crippen molar-refractivity contribution in [2.24, 2.45) is 5.92 Å². The zero-order valence-corrected chi connectivity index (χ0v) is 11.0. The van der Waals surface area contributed by atoms with Gasteiger partial charge in [-0.15, -0.1) is 0 Å². The Morgan fingerprint density at radius 1 is 1.31 bits per heavy atom. The summed E-state index contributed by atoms with van der Waals surface area (Å²) in [6.07, 6.45) is 1.19. The highest BCUT2D eigenvalue weighted by molar-refractivity contribution is 5.77. The van der Waals surface area contributed by atoms with Gasteiger partial charge in [0, 0.05) is 19.7 Å². The second-order valence-electron chi connectivity index (χ2n) is 4.43. The summed E-state index contributed by atoms with van der Waals surface area (Å²) in [6.45, 7) is 10.8. The van der Waals surface area contributed by atoms with Gasteiger partial charge in [-0.05, 0) is 26.2 Å². The molecule has 16 heavy (non-hydrogen) atoms. The first-order chi connectivity index (χ1) is 7.56. The summed E-state index contributed by atoms with van der Waals surface area (Å²) in [5.41, 5.74) is 0. The van der Waals surface area contributed by atoms with Gasteiger partial charge in [0.25, 0.3) is 0 Å². The van der Waals surface area contributed by atoms with Crippen LogP contribution in [0.1, 0.15) is 34.1 Å². The fraction of sp³-hybridized carbons (Fsp3) is 0.917. The summed E-state index contributed by atoms with van der Waals surface area (Å²) in [5, 5.41) is 5.95. The van der Waals surface area contributed by atoms with Crippen molar-refractivity contribution < 1.29 is 9.53 Å². The van der Waals surface area contributed by atoms with Crippen LogP contribution in [0.25, 0.3) is 0 Å². The fourth-order valence-electron chi connectivity index (χ4n) is 1.30. The molecule has 1 unspecified atom stereocenters. The average Bonchev–Trinajstić information content (AvgIpc) is 2.17. The molecule has 1 atom stereocenters. The molecular weight excluding hydrogens is 204 g/mol. The topological polar surface area (TPSA) is 50.4 Å². The minimum absolute atomic E-state index is 0.0596. The molecule has 0 radical (unpaired) electrons. The predicted octanol–water partition coefficient (Wildman–Crippen LogP) is 1.16. The van der Waals surface area contributed by atoms with Crippen molar-refractivity contribution in [3.63, 3.8) is 0 Å². The third kappa shape index (κ3) is 9.93. The van der Waals surface area contributed by atoms with Gasteiger partial charge >= 0.3 is 0 Å². The van der Waals surface area contributed by atoms with Crippen LogP contribution in [0.15, 0.2) is 0 Å². The van der Waals surface area contributed by atoms with Crippen LogP contribution in [-0.2, 0) is 9.53 Å². The summed E-state index contributed by atoms with van der Waals surface area (Å²) in [4.78, 5) is 11.3. The normalized spacial score (nSPS) is 12.8. The molecule has 96 valence electrons. The minimum atomic E-state index is 0.0596. The number of hydrogen-bond donors (Lipinski definition) is 2. The number of carbonyl (C=O) groups is 1. The van der Waals surface area contributed by atoms with E-state index in [4.69, 9.17) is 4.74 Å². The minimum Gasteiger partial charge on any atom is -0.377 e. The van der Waals surface area contributed by atoms with Crippen molar-refractivity contribution in [2.45, 2.75) is 40.2 Å². The standard InChI is InChI=1S/C12H26N2O2/c1-5-16-11(4)8-13-9-12(15)14-7-6-10(2)3/h10-11,13H,5-9H2,1-4H3,(H,14,15). The van der Waals surface area contributed by atoms with E-state index in [1.54, 1.807) is 0 Å². The zero-order valence-electron chi connectivity index (χ0n) is 11.0. The quantitative estimate of drug-likeness (QED) is 0.625. The lowest BCUT2D eigenvalue weighted by molar-refractivity contribution is -0.120. The highest BCUT2D eigenvalue weighted by atomic mass is 16.5. The third-order valence-corrected chi connectivity index (χ3v) is 2.21. The maximum Gasteiger partial charge on any atom is 0.233 e. The van der Waals surface area contributed by atoms with Crippen LogP contribution in [-0.4, -0.2) is 38.3 Å². The largest absolute Gasteiger partial charge is 0.377 e. The molecule has 4 heteroatoms. The molecule has 0 bridgehead atoms. The van der Waals surface area contributed by atoms with Crippen molar-refractivity contribution in [3.05, 3.63) is 0 Å². The van der Waals surface area contributed by atoms with Crippen LogP contribution in [0.2, 0.25) is 0 Å². The van der Waals surface area contributed by atoms with Gasteiger partial charge in [-0.1, -0.05) is 13.8 Å². The van der Waals surface area contributed by atoms with Crippen LogP contribution in [0.5, 0.6) is 0 Å². The van der Waals surface area contributed by atoms with Crippen molar-refractivity contribution in [3.8, 4) is 0 Å². The van der Waals surface area contributed by atoms with E-state index in [1.807, 2.05) is 13.8 Å². The van der Waals surface area contributed by atoms with E-state index in [2.05, 4.69) is 24.5 Å². The van der Waals surface area contributed by atoms with E-state index in [1.165, 1.54) is 0 Å².